The van der Waals surface area contributed by atoms with Gasteiger partial charge in [0.2, 0.25) is 0 Å². The van der Waals surface area contributed by atoms with Gasteiger partial charge in [-0.05, 0) is 47.4 Å². The number of benzene rings is 3. The highest BCUT2D eigenvalue weighted by Crippen LogP contribution is 2.33. The maximum atomic E-state index is 15.4. The van der Waals surface area contributed by atoms with Gasteiger partial charge in [-0.25, -0.2) is 9.37 Å². The second kappa shape index (κ2) is 13.2. The Balaban J connectivity index is 1.64. The summed E-state index contributed by atoms with van der Waals surface area (Å²) in [5.41, 5.74) is 3.08. The van der Waals surface area contributed by atoms with Crippen LogP contribution in [0.4, 0.5) is 9.52 Å². The number of hydrogen-bond acceptors (Lipinski definition) is 5. The van der Waals surface area contributed by atoms with Gasteiger partial charge in [-0.3, -0.25) is 9.59 Å². The van der Waals surface area contributed by atoms with Crippen LogP contribution in [-0.2, 0) is 11.3 Å². The van der Waals surface area contributed by atoms with E-state index in [1.165, 1.54) is 11.3 Å². The number of thiazole rings is 1. The molecule has 0 fully saturated rings. The third-order valence-corrected chi connectivity index (χ3v) is 7.32. The Bertz CT molecular complexity index is 1450. The van der Waals surface area contributed by atoms with E-state index in [0.29, 0.717) is 23.7 Å². The van der Waals surface area contributed by atoms with Crippen LogP contribution in [0.5, 0.6) is 0 Å². The molecule has 0 aliphatic heterocycles. The molecule has 2 N–H and O–H groups in total. The second-order valence-corrected chi connectivity index (χ2v) is 10.1. The number of carboxylic acid groups (broad SMARTS) is 1. The molecule has 8 heteroatoms. The van der Waals surface area contributed by atoms with Crippen LogP contribution < -0.4 is 10.2 Å². The van der Waals surface area contributed by atoms with E-state index < -0.39 is 30.6 Å². The Kier molecular flexibility index (Phi) is 9.44. The molecule has 4 rings (SSSR count). The zero-order valence-corrected chi connectivity index (χ0v) is 22.8. The van der Waals surface area contributed by atoms with Gasteiger partial charge in [-0.1, -0.05) is 74.5 Å². The maximum absolute atomic E-state index is 15.4. The average Bonchev–Trinajstić information content (AvgIpc) is 3.45. The molecule has 1 heterocycles. The number of alkyl halides is 1. The number of nitrogens with zero attached hydrogens (tertiary/aromatic N) is 2. The summed E-state index contributed by atoms with van der Waals surface area (Å²) in [6.45, 7) is 3.80. The lowest BCUT2D eigenvalue weighted by Crippen LogP contribution is -2.40. The van der Waals surface area contributed by atoms with Gasteiger partial charge in [0.05, 0.1) is 11.7 Å². The fourth-order valence-corrected chi connectivity index (χ4v) is 5.21. The second-order valence-electron chi connectivity index (χ2n) is 9.23. The van der Waals surface area contributed by atoms with Crippen LogP contribution in [-0.4, -0.2) is 40.7 Å². The van der Waals surface area contributed by atoms with Gasteiger partial charge in [0, 0.05) is 23.1 Å². The molecule has 0 spiro atoms. The van der Waals surface area contributed by atoms with E-state index in [9.17, 15) is 9.59 Å². The standard InChI is InChI=1S/C31H32FN3O3S/c1-3-5-10-28(26(32)4-2)35(19-21-11-13-23(14-12-21)30(38)33-18-29(36)37)31-34-27(20-39-31)25-16-15-22-8-6-7-9-24(22)17-25/h5-17,20,26,28H,3-4,18-19H2,1-2H3,(H,33,38)(H,36,37)/b10-5-. The van der Waals surface area contributed by atoms with Gasteiger partial charge in [0.15, 0.2) is 5.13 Å². The first kappa shape index (κ1) is 28.0. The Hall–Kier alpha value is -4.04. The molecule has 0 aliphatic carbocycles. The summed E-state index contributed by atoms with van der Waals surface area (Å²) >= 11 is 1.48. The Morgan fingerprint density at radius 2 is 1.82 bits per heavy atom. The molecule has 0 saturated heterocycles. The first-order valence-corrected chi connectivity index (χ1v) is 13.9. The molecule has 2 atom stereocenters. The van der Waals surface area contributed by atoms with Crippen molar-refractivity contribution in [1.29, 1.82) is 0 Å². The predicted molar refractivity (Wildman–Crippen MR) is 156 cm³/mol. The first-order valence-electron chi connectivity index (χ1n) is 13.0. The van der Waals surface area contributed by atoms with Crippen LogP contribution in [0, 0.1) is 0 Å². The number of amides is 1. The zero-order valence-electron chi connectivity index (χ0n) is 22.0. The molecule has 6 nitrogen and oxygen atoms in total. The van der Waals surface area contributed by atoms with Gasteiger partial charge in [-0.15, -0.1) is 11.3 Å². The van der Waals surface area contributed by atoms with E-state index in [1.54, 1.807) is 24.3 Å². The summed E-state index contributed by atoms with van der Waals surface area (Å²) in [5.74, 6) is -1.57. The van der Waals surface area contributed by atoms with Crippen LogP contribution in [0.15, 0.2) is 84.3 Å². The number of aromatic nitrogens is 1. The van der Waals surface area contributed by atoms with Crippen molar-refractivity contribution in [2.75, 3.05) is 11.4 Å². The van der Waals surface area contributed by atoms with Crippen molar-refractivity contribution in [2.24, 2.45) is 0 Å². The SMILES string of the molecule is CC/C=C\C(C(F)CC)N(Cc1ccc(C(=O)NCC(=O)O)cc1)c1nc(-c2ccc3ccccc3c2)cs1. The molecule has 4 aromatic rings. The minimum atomic E-state index is -1.11. The normalized spacial score (nSPS) is 12.9. The number of rotatable bonds is 12. The molecule has 3 aromatic carbocycles. The van der Waals surface area contributed by atoms with Crippen LogP contribution in [0.25, 0.3) is 22.0 Å². The number of carbonyl (C=O) groups excluding carboxylic acids is 1. The molecule has 0 bridgehead atoms. The summed E-state index contributed by atoms with van der Waals surface area (Å²) in [4.78, 5) is 29.9. The Morgan fingerprint density at radius 3 is 2.51 bits per heavy atom. The van der Waals surface area contributed by atoms with Gasteiger partial charge in [0.1, 0.15) is 12.7 Å². The van der Waals surface area contributed by atoms with Crippen molar-refractivity contribution < 1.29 is 19.1 Å². The van der Waals surface area contributed by atoms with Gasteiger partial charge >= 0.3 is 5.97 Å². The number of nitrogens with one attached hydrogen (secondary N) is 1. The minimum absolute atomic E-state index is 0.360. The number of allylic oxidation sites excluding steroid dienone is 1. The summed E-state index contributed by atoms with van der Waals surface area (Å²) < 4.78 is 15.4. The predicted octanol–water partition coefficient (Wildman–Crippen LogP) is 6.87. The highest BCUT2D eigenvalue weighted by atomic mass is 32.1. The van der Waals surface area contributed by atoms with E-state index in [4.69, 9.17) is 10.1 Å². The van der Waals surface area contributed by atoms with Crippen LogP contribution >= 0.6 is 11.3 Å². The lowest BCUT2D eigenvalue weighted by atomic mass is 10.1. The summed E-state index contributed by atoms with van der Waals surface area (Å²) in [6.07, 6.45) is 3.95. The summed E-state index contributed by atoms with van der Waals surface area (Å²) in [5, 5.41) is 16.2. The smallest absolute Gasteiger partial charge is 0.322 e. The molecule has 202 valence electrons. The van der Waals surface area contributed by atoms with E-state index in [1.807, 2.05) is 48.4 Å². The monoisotopic (exact) mass is 545 g/mol. The number of halogens is 1. The highest BCUT2D eigenvalue weighted by molar-refractivity contribution is 7.14. The number of aliphatic carboxylic acids is 1. The third kappa shape index (κ3) is 7.09. The number of anilines is 1. The molecule has 0 saturated carbocycles. The molecule has 0 radical (unpaired) electrons. The number of carbonyl (C=O) groups is 2. The van der Waals surface area contributed by atoms with E-state index in [-0.39, 0.29) is 0 Å². The van der Waals surface area contributed by atoms with E-state index in [2.05, 4.69) is 35.6 Å². The van der Waals surface area contributed by atoms with Crippen molar-refractivity contribution in [1.82, 2.24) is 10.3 Å². The Morgan fingerprint density at radius 1 is 1.08 bits per heavy atom. The lowest BCUT2D eigenvalue weighted by molar-refractivity contribution is -0.135. The largest absolute Gasteiger partial charge is 0.480 e. The number of carboxylic acids is 1. The average molecular weight is 546 g/mol. The molecular weight excluding hydrogens is 513 g/mol. The first-order chi connectivity index (χ1) is 18.9. The van der Waals surface area contributed by atoms with Gasteiger partial charge in [0.25, 0.3) is 5.91 Å². The molecule has 1 amide bonds. The molecule has 39 heavy (non-hydrogen) atoms. The molecule has 2 unspecified atom stereocenters. The maximum Gasteiger partial charge on any atom is 0.322 e. The number of hydrogen-bond donors (Lipinski definition) is 2. The minimum Gasteiger partial charge on any atom is -0.480 e. The van der Waals surface area contributed by atoms with Crippen LogP contribution in [0.1, 0.15) is 42.6 Å². The van der Waals surface area contributed by atoms with Crippen LogP contribution in [0.2, 0.25) is 0 Å². The van der Waals surface area contributed by atoms with Crippen molar-refractivity contribution >= 4 is 39.1 Å². The van der Waals surface area contributed by atoms with Crippen molar-refractivity contribution in [3.05, 3.63) is 95.4 Å². The highest BCUT2D eigenvalue weighted by Gasteiger charge is 2.27. The summed E-state index contributed by atoms with van der Waals surface area (Å²) in [6, 6.07) is 20.8. The molecule has 1 aromatic heterocycles. The lowest BCUT2D eigenvalue weighted by Gasteiger charge is -2.32. The zero-order chi connectivity index (χ0) is 27.8. The molecule has 0 aliphatic rings. The van der Waals surface area contributed by atoms with E-state index in [0.717, 1.165) is 34.0 Å². The van der Waals surface area contributed by atoms with Crippen LogP contribution in [0.3, 0.4) is 0 Å². The third-order valence-electron chi connectivity index (χ3n) is 6.44. The van der Waals surface area contributed by atoms with Crippen molar-refractivity contribution in [2.45, 2.75) is 45.4 Å². The van der Waals surface area contributed by atoms with Crippen molar-refractivity contribution in [3.8, 4) is 11.3 Å². The van der Waals surface area contributed by atoms with Gasteiger partial charge in [-0.2, -0.15) is 0 Å². The summed E-state index contributed by atoms with van der Waals surface area (Å²) in [7, 11) is 0. The van der Waals surface area contributed by atoms with E-state index >= 15 is 4.39 Å². The topological polar surface area (TPSA) is 82.5 Å². The number of fused-ring (bicyclic) bond motifs is 1. The Labute approximate surface area is 231 Å². The molecular formula is C31H32FN3O3S. The fraction of sp³-hybridized carbons (Fsp3) is 0.258. The van der Waals surface area contributed by atoms with Crippen molar-refractivity contribution in [3.63, 3.8) is 0 Å². The quantitative estimate of drug-likeness (QED) is 0.190. The van der Waals surface area contributed by atoms with Gasteiger partial charge < -0.3 is 15.3 Å². The fourth-order valence-electron chi connectivity index (χ4n) is 4.33.